The van der Waals surface area contributed by atoms with Crippen molar-refractivity contribution in [2.45, 2.75) is 33.2 Å². The van der Waals surface area contributed by atoms with Gasteiger partial charge in [-0.2, -0.15) is 23.5 Å². The highest BCUT2D eigenvalue weighted by Crippen LogP contribution is 2.05. The Morgan fingerprint density at radius 2 is 2.12 bits per heavy atom. The summed E-state index contributed by atoms with van der Waals surface area (Å²) >= 11 is 3.92. The molecule has 0 radical (unpaired) electrons. The lowest BCUT2D eigenvalue weighted by Crippen LogP contribution is -2.37. The Kier molecular flexibility index (Phi) is 7.05. The SMILES string of the molecule is CCSCCc1c[n+](CCSC)c(CC)[nH]1. The van der Waals surface area contributed by atoms with Crippen molar-refractivity contribution >= 4 is 23.5 Å². The van der Waals surface area contributed by atoms with Gasteiger partial charge >= 0.3 is 0 Å². The van der Waals surface area contributed by atoms with Gasteiger partial charge in [0.25, 0.3) is 5.82 Å². The highest BCUT2D eigenvalue weighted by Gasteiger charge is 2.12. The smallest absolute Gasteiger partial charge is 0.245 e. The van der Waals surface area contributed by atoms with E-state index in [1.165, 1.54) is 28.8 Å². The van der Waals surface area contributed by atoms with E-state index in [-0.39, 0.29) is 0 Å². The third-order valence-electron chi connectivity index (χ3n) is 2.55. The number of H-pyrrole nitrogens is 1. The lowest BCUT2D eigenvalue weighted by molar-refractivity contribution is -0.698. The Hall–Kier alpha value is -0.0900. The summed E-state index contributed by atoms with van der Waals surface area (Å²) in [4.78, 5) is 3.54. The van der Waals surface area contributed by atoms with Crippen LogP contribution < -0.4 is 4.57 Å². The van der Waals surface area contributed by atoms with E-state index in [9.17, 15) is 0 Å². The average Bonchev–Trinajstić information content (AvgIpc) is 2.69. The van der Waals surface area contributed by atoms with Crippen LogP contribution in [0.3, 0.4) is 0 Å². The molecule has 1 N–H and O–H groups in total. The van der Waals surface area contributed by atoms with Gasteiger partial charge in [-0.25, -0.2) is 9.55 Å². The molecule has 0 aliphatic rings. The molecule has 0 aromatic carbocycles. The molecule has 0 unspecified atom stereocenters. The van der Waals surface area contributed by atoms with Crippen LogP contribution in [-0.2, 0) is 19.4 Å². The molecule has 0 fully saturated rings. The van der Waals surface area contributed by atoms with E-state index in [2.05, 4.69) is 35.9 Å². The van der Waals surface area contributed by atoms with Crippen LogP contribution in [0.1, 0.15) is 25.4 Å². The number of hydrogen-bond acceptors (Lipinski definition) is 2. The standard InChI is InChI=1S/C12H22N2S2/c1-4-12-13-11(6-8-16-5-2)10-14(12)7-9-15-3/h10H,4-9H2,1-3H3/p+1. The zero-order valence-electron chi connectivity index (χ0n) is 10.6. The van der Waals surface area contributed by atoms with Crippen molar-refractivity contribution in [3.05, 3.63) is 17.7 Å². The Balaban J connectivity index is 2.54. The molecule has 92 valence electrons. The molecule has 0 aliphatic carbocycles. The van der Waals surface area contributed by atoms with Crippen LogP contribution in [0.2, 0.25) is 0 Å². The molecule has 1 aromatic heterocycles. The first-order valence-corrected chi connectivity index (χ1v) is 8.53. The summed E-state index contributed by atoms with van der Waals surface area (Å²) < 4.78 is 2.38. The van der Waals surface area contributed by atoms with Crippen LogP contribution in [0.4, 0.5) is 0 Å². The number of rotatable bonds is 8. The topological polar surface area (TPSA) is 19.7 Å². The predicted molar refractivity (Wildman–Crippen MR) is 75.5 cm³/mol. The number of aromatic amines is 1. The van der Waals surface area contributed by atoms with E-state index in [0.717, 1.165) is 19.4 Å². The predicted octanol–water partition coefficient (Wildman–Crippen LogP) is 2.52. The van der Waals surface area contributed by atoms with Crippen LogP contribution in [0.25, 0.3) is 0 Å². The van der Waals surface area contributed by atoms with E-state index in [1.54, 1.807) is 0 Å². The van der Waals surface area contributed by atoms with Crippen molar-refractivity contribution in [2.24, 2.45) is 0 Å². The molecular formula is C12H23N2S2+. The van der Waals surface area contributed by atoms with Crippen molar-refractivity contribution < 1.29 is 4.57 Å². The lowest BCUT2D eigenvalue weighted by atomic mass is 10.4. The molecule has 0 saturated heterocycles. The average molecular weight is 259 g/mol. The fraction of sp³-hybridized carbons (Fsp3) is 0.750. The molecule has 0 saturated carbocycles. The van der Waals surface area contributed by atoms with Gasteiger partial charge in [0.05, 0.1) is 6.54 Å². The molecule has 0 spiro atoms. The van der Waals surface area contributed by atoms with Gasteiger partial charge in [0.15, 0.2) is 0 Å². The van der Waals surface area contributed by atoms with E-state index >= 15 is 0 Å². The van der Waals surface area contributed by atoms with Crippen LogP contribution in [0.15, 0.2) is 6.20 Å². The third-order valence-corrected chi connectivity index (χ3v) is 4.05. The summed E-state index contributed by atoms with van der Waals surface area (Å²) in [7, 11) is 0. The van der Waals surface area contributed by atoms with Gasteiger partial charge in [0, 0.05) is 24.3 Å². The number of aryl methyl sites for hydroxylation is 3. The largest absolute Gasteiger partial charge is 0.254 e. The second-order valence-corrected chi connectivity index (χ2v) is 6.09. The number of imidazole rings is 1. The van der Waals surface area contributed by atoms with Crippen molar-refractivity contribution in [3.8, 4) is 0 Å². The van der Waals surface area contributed by atoms with Gasteiger partial charge in [-0.15, -0.1) is 0 Å². The number of nitrogens with zero attached hydrogens (tertiary/aromatic N) is 1. The van der Waals surface area contributed by atoms with E-state index in [0.29, 0.717) is 0 Å². The fourth-order valence-corrected chi connectivity index (χ4v) is 2.72. The summed E-state index contributed by atoms with van der Waals surface area (Å²) in [6.07, 6.45) is 6.72. The molecule has 4 heteroatoms. The second kappa shape index (κ2) is 8.07. The minimum atomic E-state index is 1.09. The van der Waals surface area contributed by atoms with Crippen LogP contribution in [0.5, 0.6) is 0 Å². The normalized spacial score (nSPS) is 10.9. The minimum absolute atomic E-state index is 1.09. The van der Waals surface area contributed by atoms with Crippen molar-refractivity contribution in [1.82, 2.24) is 4.98 Å². The molecule has 0 aliphatic heterocycles. The van der Waals surface area contributed by atoms with Crippen molar-refractivity contribution in [1.29, 1.82) is 0 Å². The maximum absolute atomic E-state index is 3.54. The molecular weight excluding hydrogens is 236 g/mol. The number of nitrogens with one attached hydrogen (secondary N) is 1. The van der Waals surface area contributed by atoms with E-state index in [4.69, 9.17) is 0 Å². The monoisotopic (exact) mass is 259 g/mol. The lowest BCUT2D eigenvalue weighted by Gasteiger charge is -1.96. The third kappa shape index (κ3) is 4.42. The maximum Gasteiger partial charge on any atom is 0.254 e. The second-order valence-electron chi connectivity index (χ2n) is 3.71. The molecule has 1 heterocycles. The van der Waals surface area contributed by atoms with Gasteiger partial charge in [0.2, 0.25) is 0 Å². The molecule has 2 nitrogen and oxygen atoms in total. The summed E-state index contributed by atoms with van der Waals surface area (Å²) in [5.41, 5.74) is 1.39. The highest BCUT2D eigenvalue weighted by molar-refractivity contribution is 7.99. The van der Waals surface area contributed by atoms with Crippen LogP contribution in [-0.4, -0.2) is 28.5 Å². The zero-order chi connectivity index (χ0) is 11.8. The van der Waals surface area contributed by atoms with Gasteiger partial charge in [-0.05, 0) is 12.0 Å². The zero-order valence-corrected chi connectivity index (χ0v) is 12.2. The highest BCUT2D eigenvalue weighted by atomic mass is 32.2. The Morgan fingerprint density at radius 3 is 2.75 bits per heavy atom. The molecule has 1 aromatic rings. The summed E-state index contributed by atoms with van der Waals surface area (Å²) in [6.45, 7) is 5.56. The number of thioether (sulfide) groups is 2. The number of hydrogen-bond donors (Lipinski definition) is 1. The first-order valence-electron chi connectivity index (χ1n) is 5.98. The summed E-state index contributed by atoms with van der Waals surface area (Å²) in [5.74, 6) is 5.00. The Bertz CT molecular complexity index is 297. The fourth-order valence-electron chi connectivity index (χ4n) is 1.69. The van der Waals surface area contributed by atoms with Crippen LogP contribution in [0, 0.1) is 0 Å². The van der Waals surface area contributed by atoms with Gasteiger partial charge in [0.1, 0.15) is 11.9 Å². The maximum atomic E-state index is 3.54. The molecule has 16 heavy (non-hydrogen) atoms. The minimum Gasteiger partial charge on any atom is -0.245 e. The van der Waals surface area contributed by atoms with Crippen molar-refractivity contribution in [3.63, 3.8) is 0 Å². The molecule has 0 amide bonds. The molecule has 0 atom stereocenters. The summed E-state index contributed by atoms with van der Waals surface area (Å²) in [6, 6.07) is 0. The van der Waals surface area contributed by atoms with Gasteiger partial charge in [-0.3, -0.25) is 0 Å². The van der Waals surface area contributed by atoms with E-state index in [1.807, 2.05) is 23.5 Å². The first-order chi connectivity index (χ1) is 7.81. The van der Waals surface area contributed by atoms with Gasteiger partial charge < -0.3 is 0 Å². The Morgan fingerprint density at radius 1 is 1.31 bits per heavy atom. The van der Waals surface area contributed by atoms with Crippen molar-refractivity contribution in [2.75, 3.05) is 23.5 Å². The molecule has 0 bridgehead atoms. The summed E-state index contributed by atoms with van der Waals surface area (Å²) in [5, 5.41) is 0. The van der Waals surface area contributed by atoms with E-state index < -0.39 is 0 Å². The quantitative estimate of drug-likeness (QED) is 0.572. The van der Waals surface area contributed by atoms with Gasteiger partial charge in [-0.1, -0.05) is 13.8 Å². The first kappa shape index (κ1) is 14.0. The Labute approximate surface area is 108 Å². The number of aromatic nitrogens is 2. The molecule has 1 rings (SSSR count). The van der Waals surface area contributed by atoms with Crippen LogP contribution >= 0.6 is 23.5 Å².